The highest BCUT2D eigenvalue weighted by atomic mass is 16.2. The highest BCUT2D eigenvalue weighted by molar-refractivity contribution is 5.92. The van der Waals surface area contributed by atoms with Crippen molar-refractivity contribution in [2.75, 3.05) is 18.0 Å². The van der Waals surface area contributed by atoms with E-state index in [0.29, 0.717) is 5.69 Å². The Hall–Kier alpha value is -2.30. The van der Waals surface area contributed by atoms with Crippen molar-refractivity contribution in [1.82, 2.24) is 15.5 Å². The fourth-order valence-corrected chi connectivity index (χ4v) is 2.85. The minimum atomic E-state index is -0.150. The van der Waals surface area contributed by atoms with Crippen LogP contribution in [0.2, 0.25) is 0 Å². The first-order valence-electron chi connectivity index (χ1n) is 7.81. The molecule has 2 N–H and O–H groups in total. The number of carbonyl (C=O) groups is 1. The molecule has 5 heteroatoms. The number of rotatable bonds is 4. The van der Waals surface area contributed by atoms with Crippen LogP contribution in [-0.4, -0.2) is 29.2 Å². The molecule has 2 heterocycles. The Morgan fingerprint density at radius 2 is 2.09 bits per heavy atom. The molecule has 1 aliphatic heterocycles. The molecule has 1 amide bonds. The summed E-state index contributed by atoms with van der Waals surface area (Å²) < 4.78 is 0. The Morgan fingerprint density at radius 3 is 2.77 bits per heavy atom. The average molecular weight is 298 g/mol. The van der Waals surface area contributed by atoms with Crippen LogP contribution >= 0.6 is 0 Å². The molecular formula is C17H22N4O. The number of aryl methyl sites for hydroxylation is 1. The SMILES string of the molecule is Cc1cc(C(=O)NC(C)c2cccc(N3CCCC3)c2)n[nH]1. The molecule has 1 atom stereocenters. The van der Waals surface area contributed by atoms with Crippen molar-refractivity contribution in [1.29, 1.82) is 0 Å². The minimum absolute atomic E-state index is 0.0490. The van der Waals surface area contributed by atoms with Gasteiger partial charge in [-0.2, -0.15) is 5.10 Å². The van der Waals surface area contributed by atoms with Gasteiger partial charge >= 0.3 is 0 Å². The summed E-state index contributed by atoms with van der Waals surface area (Å²) in [7, 11) is 0. The summed E-state index contributed by atoms with van der Waals surface area (Å²) in [5, 5.41) is 9.79. The van der Waals surface area contributed by atoms with Crippen molar-refractivity contribution in [3.8, 4) is 0 Å². The summed E-state index contributed by atoms with van der Waals surface area (Å²) in [5.41, 5.74) is 3.67. The molecule has 5 nitrogen and oxygen atoms in total. The monoisotopic (exact) mass is 298 g/mol. The van der Waals surface area contributed by atoms with Crippen molar-refractivity contribution in [3.05, 3.63) is 47.3 Å². The number of benzene rings is 1. The van der Waals surface area contributed by atoms with Crippen LogP contribution in [0, 0.1) is 6.92 Å². The van der Waals surface area contributed by atoms with Gasteiger partial charge in [0.15, 0.2) is 0 Å². The third kappa shape index (κ3) is 3.13. The molecule has 1 fully saturated rings. The van der Waals surface area contributed by atoms with Gasteiger partial charge in [0.25, 0.3) is 5.91 Å². The second kappa shape index (κ2) is 6.22. The molecule has 0 saturated carbocycles. The minimum Gasteiger partial charge on any atom is -0.372 e. The number of aromatic nitrogens is 2. The zero-order chi connectivity index (χ0) is 15.5. The van der Waals surface area contributed by atoms with E-state index in [1.165, 1.54) is 18.5 Å². The lowest BCUT2D eigenvalue weighted by molar-refractivity contribution is 0.0935. The van der Waals surface area contributed by atoms with Crippen molar-refractivity contribution in [3.63, 3.8) is 0 Å². The number of nitrogens with one attached hydrogen (secondary N) is 2. The Kier molecular flexibility index (Phi) is 4.13. The molecule has 22 heavy (non-hydrogen) atoms. The van der Waals surface area contributed by atoms with E-state index in [4.69, 9.17) is 0 Å². The molecule has 2 aromatic rings. The molecule has 0 aliphatic carbocycles. The van der Waals surface area contributed by atoms with Crippen molar-refractivity contribution in [2.45, 2.75) is 32.7 Å². The van der Waals surface area contributed by atoms with Gasteiger partial charge in [0.05, 0.1) is 6.04 Å². The Labute approximate surface area is 130 Å². The summed E-state index contributed by atoms with van der Waals surface area (Å²) in [5.74, 6) is -0.150. The van der Waals surface area contributed by atoms with Crippen molar-refractivity contribution >= 4 is 11.6 Å². The van der Waals surface area contributed by atoms with Gasteiger partial charge in [-0.15, -0.1) is 0 Å². The lowest BCUT2D eigenvalue weighted by atomic mass is 10.1. The first-order valence-corrected chi connectivity index (χ1v) is 7.81. The zero-order valence-corrected chi connectivity index (χ0v) is 13.1. The van der Waals surface area contributed by atoms with Crippen LogP contribution in [0.1, 0.15) is 47.6 Å². The van der Waals surface area contributed by atoms with Gasteiger partial charge < -0.3 is 10.2 Å². The summed E-state index contributed by atoms with van der Waals surface area (Å²) in [6.07, 6.45) is 2.52. The van der Waals surface area contributed by atoms with Crippen LogP contribution in [-0.2, 0) is 0 Å². The average Bonchev–Trinajstić information content (AvgIpc) is 3.18. The van der Waals surface area contributed by atoms with E-state index in [2.05, 4.69) is 44.7 Å². The smallest absolute Gasteiger partial charge is 0.272 e. The van der Waals surface area contributed by atoms with Gasteiger partial charge in [0.2, 0.25) is 0 Å². The molecule has 1 saturated heterocycles. The number of nitrogens with zero attached hydrogens (tertiary/aromatic N) is 2. The predicted molar refractivity (Wildman–Crippen MR) is 87.1 cm³/mol. The zero-order valence-electron chi connectivity index (χ0n) is 13.1. The first-order chi connectivity index (χ1) is 10.6. The molecule has 0 bridgehead atoms. The first kappa shape index (κ1) is 14.6. The lowest BCUT2D eigenvalue weighted by Crippen LogP contribution is -2.27. The van der Waals surface area contributed by atoms with Gasteiger partial charge in [-0.25, -0.2) is 0 Å². The number of hydrogen-bond donors (Lipinski definition) is 2. The maximum absolute atomic E-state index is 12.2. The van der Waals surface area contributed by atoms with Gasteiger partial charge in [0.1, 0.15) is 5.69 Å². The lowest BCUT2D eigenvalue weighted by Gasteiger charge is -2.20. The molecule has 0 radical (unpaired) electrons. The summed E-state index contributed by atoms with van der Waals surface area (Å²) in [4.78, 5) is 14.6. The number of anilines is 1. The van der Waals surface area contributed by atoms with E-state index in [-0.39, 0.29) is 11.9 Å². The van der Waals surface area contributed by atoms with Crippen LogP contribution in [0.3, 0.4) is 0 Å². The molecule has 1 aromatic carbocycles. The molecule has 1 aromatic heterocycles. The van der Waals surface area contributed by atoms with E-state index >= 15 is 0 Å². The maximum Gasteiger partial charge on any atom is 0.272 e. The molecule has 1 unspecified atom stereocenters. The molecular weight excluding hydrogens is 276 g/mol. The van der Waals surface area contributed by atoms with Crippen LogP contribution in [0.5, 0.6) is 0 Å². The number of amides is 1. The van der Waals surface area contributed by atoms with E-state index in [9.17, 15) is 4.79 Å². The number of aromatic amines is 1. The van der Waals surface area contributed by atoms with Gasteiger partial charge in [-0.1, -0.05) is 12.1 Å². The van der Waals surface area contributed by atoms with E-state index in [0.717, 1.165) is 24.3 Å². The Balaban J connectivity index is 1.70. The van der Waals surface area contributed by atoms with Gasteiger partial charge in [0, 0.05) is 24.5 Å². The van der Waals surface area contributed by atoms with Gasteiger partial charge in [-0.05, 0) is 50.5 Å². The third-order valence-corrected chi connectivity index (χ3v) is 4.13. The number of H-pyrrole nitrogens is 1. The highest BCUT2D eigenvalue weighted by Crippen LogP contribution is 2.24. The fourth-order valence-electron chi connectivity index (χ4n) is 2.85. The Bertz CT molecular complexity index is 658. The van der Waals surface area contributed by atoms with Crippen LogP contribution in [0.25, 0.3) is 0 Å². The Morgan fingerprint density at radius 1 is 1.32 bits per heavy atom. The molecule has 1 aliphatic rings. The summed E-state index contributed by atoms with van der Waals surface area (Å²) >= 11 is 0. The van der Waals surface area contributed by atoms with Crippen LogP contribution in [0.4, 0.5) is 5.69 Å². The normalized spacial score (nSPS) is 15.8. The van der Waals surface area contributed by atoms with Crippen molar-refractivity contribution < 1.29 is 4.79 Å². The highest BCUT2D eigenvalue weighted by Gasteiger charge is 2.16. The fraction of sp³-hybridized carbons (Fsp3) is 0.412. The topological polar surface area (TPSA) is 61.0 Å². The van der Waals surface area contributed by atoms with Crippen LogP contribution in [0.15, 0.2) is 30.3 Å². The standard InChI is InChI=1S/C17H22N4O/c1-12-10-16(20-19-12)17(22)18-13(2)14-6-5-7-15(11-14)21-8-3-4-9-21/h5-7,10-11,13H,3-4,8-9H2,1-2H3,(H,18,22)(H,19,20). The van der Waals surface area contributed by atoms with Crippen LogP contribution < -0.4 is 10.2 Å². The summed E-state index contributed by atoms with van der Waals surface area (Å²) in [6.45, 7) is 6.13. The maximum atomic E-state index is 12.2. The van der Waals surface area contributed by atoms with E-state index < -0.39 is 0 Å². The second-order valence-corrected chi connectivity index (χ2v) is 5.92. The van der Waals surface area contributed by atoms with Gasteiger partial charge in [-0.3, -0.25) is 9.89 Å². The van der Waals surface area contributed by atoms with E-state index in [1.807, 2.05) is 13.8 Å². The third-order valence-electron chi connectivity index (χ3n) is 4.13. The summed E-state index contributed by atoms with van der Waals surface area (Å²) in [6, 6.07) is 10.1. The molecule has 116 valence electrons. The largest absolute Gasteiger partial charge is 0.372 e. The quantitative estimate of drug-likeness (QED) is 0.912. The predicted octanol–water partition coefficient (Wildman–Crippen LogP) is 2.81. The second-order valence-electron chi connectivity index (χ2n) is 5.92. The van der Waals surface area contributed by atoms with E-state index in [1.54, 1.807) is 6.07 Å². The number of hydrogen-bond acceptors (Lipinski definition) is 3. The molecule has 0 spiro atoms. The number of carbonyl (C=O) groups excluding carboxylic acids is 1. The molecule has 3 rings (SSSR count). The van der Waals surface area contributed by atoms with Crippen molar-refractivity contribution in [2.24, 2.45) is 0 Å².